The molecule has 0 aliphatic carbocycles. The lowest BCUT2D eigenvalue weighted by molar-refractivity contribution is -0.0382. The van der Waals surface area contributed by atoms with Gasteiger partial charge in [0.05, 0.1) is 19.3 Å². The Hall–Kier alpha value is -2.20. The van der Waals surface area contributed by atoms with Gasteiger partial charge in [0.1, 0.15) is 11.5 Å². The number of methoxy groups -OCH3 is 1. The standard InChI is InChI=1S/C19H21NO3/c1-22-14-7-8-17-16(11-14)19-15(6-3-9-23-19)18(20-17)12-4-2-5-13(21)10-12/h2,4-5,7-8,10-11,15,18-21H,3,6,9H2,1H3/t15-,18-,19-/m0/s1. The second-order valence-electron chi connectivity index (χ2n) is 6.27. The van der Waals surface area contributed by atoms with Gasteiger partial charge in [-0.05, 0) is 48.7 Å². The summed E-state index contributed by atoms with van der Waals surface area (Å²) in [5.41, 5.74) is 3.36. The molecule has 1 fully saturated rings. The van der Waals surface area contributed by atoms with Gasteiger partial charge in [-0.1, -0.05) is 12.1 Å². The van der Waals surface area contributed by atoms with Gasteiger partial charge in [0.25, 0.3) is 0 Å². The lowest BCUT2D eigenvalue weighted by atomic mass is 9.77. The van der Waals surface area contributed by atoms with E-state index >= 15 is 0 Å². The average Bonchev–Trinajstić information content (AvgIpc) is 2.60. The highest BCUT2D eigenvalue weighted by molar-refractivity contribution is 5.59. The molecule has 0 radical (unpaired) electrons. The normalized spacial score (nSPS) is 25.9. The van der Waals surface area contributed by atoms with Gasteiger partial charge in [0.2, 0.25) is 0 Å². The smallest absolute Gasteiger partial charge is 0.119 e. The fraction of sp³-hybridized carbons (Fsp3) is 0.368. The first-order valence-corrected chi connectivity index (χ1v) is 8.11. The number of aromatic hydroxyl groups is 1. The van der Waals surface area contributed by atoms with Gasteiger partial charge < -0.3 is 19.9 Å². The molecule has 0 bridgehead atoms. The zero-order valence-electron chi connectivity index (χ0n) is 13.2. The molecule has 2 aliphatic rings. The van der Waals surface area contributed by atoms with Crippen molar-refractivity contribution in [2.24, 2.45) is 5.92 Å². The van der Waals surface area contributed by atoms with Crippen LogP contribution in [0, 0.1) is 5.92 Å². The Kier molecular flexibility index (Phi) is 3.62. The number of anilines is 1. The van der Waals surface area contributed by atoms with Gasteiger partial charge >= 0.3 is 0 Å². The number of rotatable bonds is 2. The van der Waals surface area contributed by atoms with Crippen molar-refractivity contribution >= 4 is 5.69 Å². The van der Waals surface area contributed by atoms with E-state index < -0.39 is 0 Å². The zero-order chi connectivity index (χ0) is 15.8. The second-order valence-corrected chi connectivity index (χ2v) is 6.27. The van der Waals surface area contributed by atoms with Crippen molar-refractivity contribution in [3.8, 4) is 11.5 Å². The van der Waals surface area contributed by atoms with Crippen LogP contribution in [0.4, 0.5) is 5.69 Å². The molecule has 2 aliphatic heterocycles. The summed E-state index contributed by atoms with van der Waals surface area (Å²) in [4.78, 5) is 0. The largest absolute Gasteiger partial charge is 0.508 e. The maximum Gasteiger partial charge on any atom is 0.119 e. The number of ether oxygens (including phenoxy) is 2. The Labute approximate surface area is 136 Å². The molecule has 120 valence electrons. The van der Waals surface area contributed by atoms with Gasteiger partial charge in [0.15, 0.2) is 0 Å². The molecule has 4 nitrogen and oxygen atoms in total. The quantitative estimate of drug-likeness (QED) is 0.879. The van der Waals surface area contributed by atoms with E-state index in [1.807, 2.05) is 18.2 Å². The van der Waals surface area contributed by atoms with E-state index in [9.17, 15) is 5.11 Å². The van der Waals surface area contributed by atoms with Gasteiger partial charge in [-0.3, -0.25) is 0 Å². The number of benzene rings is 2. The van der Waals surface area contributed by atoms with Crippen molar-refractivity contribution in [2.75, 3.05) is 19.0 Å². The molecule has 3 atom stereocenters. The molecule has 4 rings (SSSR count). The average molecular weight is 311 g/mol. The van der Waals surface area contributed by atoms with Crippen LogP contribution >= 0.6 is 0 Å². The highest BCUT2D eigenvalue weighted by Crippen LogP contribution is 2.49. The number of phenols is 1. The summed E-state index contributed by atoms with van der Waals surface area (Å²) in [6.45, 7) is 0.796. The highest BCUT2D eigenvalue weighted by atomic mass is 16.5. The molecular formula is C19H21NO3. The van der Waals surface area contributed by atoms with Crippen LogP contribution < -0.4 is 10.1 Å². The van der Waals surface area contributed by atoms with Crippen LogP contribution in [0.5, 0.6) is 11.5 Å². The number of phenolic OH excluding ortho intramolecular Hbond substituents is 1. The summed E-state index contributed by atoms with van der Waals surface area (Å²) in [5.74, 6) is 1.51. The van der Waals surface area contributed by atoms with Crippen LogP contribution in [-0.2, 0) is 4.74 Å². The fourth-order valence-electron chi connectivity index (χ4n) is 3.82. The molecule has 1 saturated heterocycles. The van der Waals surface area contributed by atoms with E-state index in [1.165, 1.54) is 5.56 Å². The summed E-state index contributed by atoms with van der Waals surface area (Å²) in [5, 5.41) is 13.5. The van der Waals surface area contributed by atoms with Crippen molar-refractivity contribution in [3.05, 3.63) is 53.6 Å². The Morgan fingerprint density at radius 2 is 2.13 bits per heavy atom. The lowest BCUT2D eigenvalue weighted by Gasteiger charge is -2.43. The summed E-state index contributed by atoms with van der Waals surface area (Å²) in [7, 11) is 1.69. The van der Waals surface area contributed by atoms with Gasteiger partial charge in [0, 0.05) is 23.8 Å². The third kappa shape index (κ3) is 2.53. The van der Waals surface area contributed by atoms with Gasteiger partial charge in [-0.25, -0.2) is 0 Å². The molecule has 23 heavy (non-hydrogen) atoms. The summed E-state index contributed by atoms with van der Waals surface area (Å²) in [6.07, 6.45) is 2.24. The Bertz CT molecular complexity index is 716. The van der Waals surface area contributed by atoms with Crippen molar-refractivity contribution in [3.63, 3.8) is 0 Å². The van der Waals surface area contributed by atoms with E-state index in [0.717, 1.165) is 36.4 Å². The van der Waals surface area contributed by atoms with Crippen molar-refractivity contribution < 1.29 is 14.6 Å². The predicted molar refractivity (Wildman–Crippen MR) is 88.9 cm³/mol. The van der Waals surface area contributed by atoms with Crippen LogP contribution in [0.2, 0.25) is 0 Å². The van der Waals surface area contributed by atoms with E-state index in [-0.39, 0.29) is 12.1 Å². The molecule has 0 aromatic heterocycles. The zero-order valence-corrected chi connectivity index (χ0v) is 13.2. The van der Waals surface area contributed by atoms with Gasteiger partial charge in [-0.2, -0.15) is 0 Å². The van der Waals surface area contributed by atoms with Gasteiger partial charge in [-0.15, -0.1) is 0 Å². The highest BCUT2D eigenvalue weighted by Gasteiger charge is 2.40. The molecular weight excluding hydrogens is 290 g/mol. The molecule has 0 amide bonds. The fourth-order valence-corrected chi connectivity index (χ4v) is 3.82. The predicted octanol–water partition coefficient (Wildman–Crippen LogP) is 4.04. The minimum atomic E-state index is 0.0717. The van der Waals surface area contributed by atoms with E-state index in [4.69, 9.17) is 9.47 Å². The minimum Gasteiger partial charge on any atom is -0.508 e. The number of hydrogen-bond donors (Lipinski definition) is 2. The summed E-state index contributed by atoms with van der Waals surface area (Å²) in [6, 6.07) is 13.8. The van der Waals surface area contributed by atoms with Crippen LogP contribution in [0.3, 0.4) is 0 Å². The molecule has 2 heterocycles. The van der Waals surface area contributed by atoms with Crippen LogP contribution in [0.15, 0.2) is 42.5 Å². The molecule has 0 spiro atoms. The molecule has 0 saturated carbocycles. The molecule has 2 N–H and O–H groups in total. The Balaban J connectivity index is 1.77. The second kappa shape index (κ2) is 5.78. The lowest BCUT2D eigenvalue weighted by Crippen LogP contribution is -2.35. The van der Waals surface area contributed by atoms with E-state index in [1.54, 1.807) is 13.2 Å². The summed E-state index contributed by atoms with van der Waals surface area (Å²) >= 11 is 0. The number of hydrogen-bond acceptors (Lipinski definition) is 4. The number of fused-ring (bicyclic) bond motifs is 3. The minimum absolute atomic E-state index is 0.0717. The van der Waals surface area contributed by atoms with Crippen molar-refractivity contribution in [1.29, 1.82) is 0 Å². The van der Waals surface area contributed by atoms with E-state index in [2.05, 4.69) is 23.5 Å². The first-order valence-electron chi connectivity index (χ1n) is 8.11. The summed E-state index contributed by atoms with van der Waals surface area (Å²) < 4.78 is 11.5. The SMILES string of the molecule is COc1ccc2c(c1)[C@H]1OCCC[C@H]1[C@H](c1cccc(O)c1)N2. The first kappa shape index (κ1) is 14.4. The third-order valence-corrected chi connectivity index (χ3v) is 4.90. The van der Waals surface area contributed by atoms with Crippen molar-refractivity contribution in [1.82, 2.24) is 0 Å². The molecule has 4 heteroatoms. The maximum atomic E-state index is 9.83. The van der Waals surface area contributed by atoms with E-state index in [0.29, 0.717) is 11.7 Å². The monoisotopic (exact) mass is 311 g/mol. The Morgan fingerprint density at radius 3 is 2.96 bits per heavy atom. The van der Waals surface area contributed by atoms with Crippen molar-refractivity contribution in [2.45, 2.75) is 25.0 Å². The molecule has 2 aromatic rings. The van der Waals surface area contributed by atoms with Crippen LogP contribution in [-0.4, -0.2) is 18.8 Å². The first-order chi connectivity index (χ1) is 11.3. The Morgan fingerprint density at radius 1 is 1.22 bits per heavy atom. The van der Waals surface area contributed by atoms with Crippen LogP contribution in [0.25, 0.3) is 0 Å². The topological polar surface area (TPSA) is 50.7 Å². The molecule has 0 unspecified atom stereocenters. The molecule has 2 aromatic carbocycles. The number of nitrogens with one attached hydrogen (secondary N) is 1. The maximum absolute atomic E-state index is 9.83. The third-order valence-electron chi connectivity index (χ3n) is 4.90. The van der Waals surface area contributed by atoms with Crippen LogP contribution in [0.1, 0.15) is 36.1 Å².